The van der Waals surface area contributed by atoms with Crippen LogP contribution in [-0.2, 0) is 14.3 Å². The standard InChI is InChI=1S/C17H23NO4/c1-3-21-17(20)14-5-4-10-18(11-14)16(19)12-22-15-8-6-13(2)7-9-15/h6-9,14H,3-5,10-12H2,1-2H3/t14-/m0/s1. The van der Waals surface area contributed by atoms with Crippen LogP contribution in [0.15, 0.2) is 24.3 Å². The minimum Gasteiger partial charge on any atom is -0.484 e. The fourth-order valence-electron chi connectivity index (χ4n) is 2.53. The van der Waals surface area contributed by atoms with Gasteiger partial charge in [-0.3, -0.25) is 9.59 Å². The molecule has 1 atom stereocenters. The summed E-state index contributed by atoms with van der Waals surface area (Å²) in [6.07, 6.45) is 1.60. The number of hydrogen-bond donors (Lipinski definition) is 0. The average molecular weight is 305 g/mol. The molecule has 0 bridgehead atoms. The SMILES string of the molecule is CCOC(=O)[C@H]1CCCN(C(=O)COc2ccc(C)cc2)C1. The zero-order valence-corrected chi connectivity index (χ0v) is 13.2. The van der Waals surface area contributed by atoms with E-state index in [2.05, 4.69) is 0 Å². The monoisotopic (exact) mass is 305 g/mol. The Balaban J connectivity index is 1.83. The van der Waals surface area contributed by atoms with Crippen molar-refractivity contribution in [2.45, 2.75) is 26.7 Å². The summed E-state index contributed by atoms with van der Waals surface area (Å²) < 4.78 is 10.6. The van der Waals surface area contributed by atoms with Gasteiger partial charge in [0.05, 0.1) is 12.5 Å². The number of aryl methyl sites for hydroxylation is 1. The summed E-state index contributed by atoms with van der Waals surface area (Å²) in [5, 5.41) is 0. The van der Waals surface area contributed by atoms with Crippen molar-refractivity contribution in [1.82, 2.24) is 4.90 Å². The van der Waals surface area contributed by atoms with E-state index in [0.717, 1.165) is 18.4 Å². The number of benzene rings is 1. The predicted molar refractivity (Wildman–Crippen MR) is 82.6 cm³/mol. The first kappa shape index (κ1) is 16.3. The van der Waals surface area contributed by atoms with Gasteiger partial charge in [-0.1, -0.05) is 17.7 Å². The smallest absolute Gasteiger partial charge is 0.310 e. The third-order valence-electron chi connectivity index (χ3n) is 3.78. The Morgan fingerprint density at radius 3 is 2.68 bits per heavy atom. The van der Waals surface area contributed by atoms with Gasteiger partial charge in [0.25, 0.3) is 5.91 Å². The second-order valence-corrected chi connectivity index (χ2v) is 5.53. The van der Waals surface area contributed by atoms with E-state index in [1.807, 2.05) is 31.2 Å². The zero-order valence-electron chi connectivity index (χ0n) is 13.2. The highest BCUT2D eigenvalue weighted by Crippen LogP contribution is 2.18. The van der Waals surface area contributed by atoms with Gasteiger partial charge in [-0.25, -0.2) is 0 Å². The Bertz CT molecular complexity index is 512. The normalized spacial score (nSPS) is 17.9. The van der Waals surface area contributed by atoms with Gasteiger partial charge in [0.15, 0.2) is 6.61 Å². The summed E-state index contributed by atoms with van der Waals surface area (Å²) in [5.41, 5.74) is 1.15. The number of esters is 1. The van der Waals surface area contributed by atoms with Crippen LogP contribution in [0.1, 0.15) is 25.3 Å². The third-order valence-corrected chi connectivity index (χ3v) is 3.78. The van der Waals surface area contributed by atoms with E-state index in [1.54, 1.807) is 11.8 Å². The molecule has 5 nitrogen and oxygen atoms in total. The van der Waals surface area contributed by atoms with Crippen molar-refractivity contribution in [3.63, 3.8) is 0 Å². The number of ether oxygens (including phenoxy) is 2. The third kappa shape index (κ3) is 4.48. The molecular formula is C17H23NO4. The van der Waals surface area contributed by atoms with Crippen LogP contribution in [0.2, 0.25) is 0 Å². The molecule has 1 fully saturated rings. The lowest BCUT2D eigenvalue weighted by molar-refractivity contribution is -0.151. The van der Waals surface area contributed by atoms with Gasteiger partial charge in [-0.15, -0.1) is 0 Å². The maximum absolute atomic E-state index is 12.2. The molecule has 1 aliphatic rings. The van der Waals surface area contributed by atoms with Crippen LogP contribution in [0.4, 0.5) is 0 Å². The number of rotatable bonds is 5. The molecule has 5 heteroatoms. The molecule has 22 heavy (non-hydrogen) atoms. The Labute approximate surface area is 131 Å². The molecule has 1 aliphatic heterocycles. The fraction of sp³-hybridized carbons (Fsp3) is 0.529. The lowest BCUT2D eigenvalue weighted by Gasteiger charge is -2.31. The Kier molecular flexibility index (Phi) is 5.81. The van der Waals surface area contributed by atoms with Crippen molar-refractivity contribution in [3.8, 4) is 5.75 Å². The quantitative estimate of drug-likeness (QED) is 0.782. The molecule has 1 aromatic carbocycles. The first-order valence-corrected chi connectivity index (χ1v) is 7.74. The van der Waals surface area contributed by atoms with Crippen LogP contribution in [0.5, 0.6) is 5.75 Å². The molecule has 0 saturated carbocycles. The van der Waals surface area contributed by atoms with E-state index >= 15 is 0 Å². The maximum atomic E-state index is 12.2. The lowest BCUT2D eigenvalue weighted by Crippen LogP contribution is -2.44. The van der Waals surface area contributed by atoms with Gasteiger partial charge in [0.2, 0.25) is 0 Å². The van der Waals surface area contributed by atoms with Gasteiger partial charge in [0, 0.05) is 13.1 Å². The zero-order chi connectivity index (χ0) is 15.9. The van der Waals surface area contributed by atoms with Crippen LogP contribution >= 0.6 is 0 Å². The highest BCUT2D eigenvalue weighted by molar-refractivity contribution is 5.79. The molecule has 120 valence electrons. The second kappa shape index (κ2) is 7.82. The van der Waals surface area contributed by atoms with Gasteiger partial charge >= 0.3 is 5.97 Å². The van der Waals surface area contributed by atoms with Crippen molar-refractivity contribution in [1.29, 1.82) is 0 Å². The van der Waals surface area contributed by atoms with E-state index in [-0.39, 0.29) is 24.4 Å². The fourth-order valence-corrected chi connectivity index (χ4v) is 2.53. The van der Waals surface area contributed by atoms with Gasteiger partial charge < -0.3 is 14.4 Å². The molecule has 0 radical (unpaired) electrons. The predicted octanol–water partition coefficient (Wildman–Crippen LogP) is 2.18. The van der Waals surface area contributed by atoms with Gasteiger partial charge in [-0.2, -0.15) is 0 Å². The molecule has 1 aromatic rings. The summed E-state index contributed by atoms with van der Waals surface area (Å²) >= 11 is 0. The maximum Gasteiger partial charge on any atom is 0.310 e. The molecule has 1 amide bonds. The molecule has 1 heterocycles. The van der Waals surface area contributed by atoms with Crippen LogP contribution in [0, 0.1) is 12.8 Å². The molecular weight excluding hydrogens is 282 g/mol. The summed E-state index contributed by atoms with van der Waals surface area (Å²) in [5.74, 6) is 0.170. The minimum atomic E-state index is -0.211. The van der Waals surface area contributed by atoms with Crippen LogP contribution < -0.4 is 4.74 Å². The number of likely N-dealkylation sites (tertiary alicyclic amines) is 1. The van der Waals surface area contributed by atoms with Crippen molar-refractivity contribution < 1.29 is 19.1 Å². The summed E-state index contributed by atoms with van der Waals surface area (Å²) in [4.78, 5) is 25.7. The number of amides is 1. The molecule has 0 aliphatic carbocycles. The Hall–Kier alpha value is -2.04. The van der Waals surface area contributed by atoms with Crippen LogP contribution in [0.25, 0.3) is 0 Å². The van der Waals surface area contributed by atoms with E-state index < -0.39 is 0 Å². The molecule has 0 N–H and O–H groups in total. The van der Waals surface area contributed by atoms with Crippen molar-refractivity contribution >= 4 is 11.9 Å². The summed E-state index contributed by atoms with van der Waals surface area (Å²) in [7, 11) is 0. The summed E-state index contributed by atoms with van der Waals surface area (Å²) in [6, 6.07) is 7.58. The van der Waals surface area contributed by atoms with Crippen molar-refractivity contribution in [3.05, 3.63) is 29.8 Å². The van der Waals surface area contributed by atoms with E-state index in [9.17, 15) is 9.59 Å². The topological polar surface area (TPSA) is 55.8 Å². The van der Waals surface area contributed by atoms with Crippen molar-refractivity contribution in [2.75, 3.05) is 26.3 Å². The highest BCUT2D eigenvalue weighted by Gasteiger charge is 2.29. The minimum absolute atomic E-state index is 0.00138. The average Bonchev–Trinajstić information content (AvgIpc) is 2.54. The van der Waals surface area contributed by atoms with Crippen LogP contribution in [-0.4, -0.2) is 43.1 Å². The first-order valence-electron chi connectivity index (χ1n) is 7.74. The number of piperidine rings is 1. The highest BCUT2D eigenvalue weighted by atomic mass is 16.5. The van der Waals surface area contributed by atoms with Gasteiger partial charge in [0.1, 0.15) is 5.75 Å². The Morgan fingerprint density at radius 1 is 1.27 bits per heavy atom. The van der Waals surface area contributed by atoms with Crippen LogP contribution in [0.3, 0.4) is 0 Å². The van der Waals surface area contributed by atoms with E-state index in [1.165, 1.54) is 0 Å². The summed E-state index contributed by atoms with van der Waals surface area (Å²) in [6.45, 7) is 5.26. The number of carbonyl (C=O) groups excluding carboxylic acids is 2. The first-order chi connectivity index (χ1) is 10.6. The largest absolute Gasteiger partial charge is 0.484 e. The van der Waals surface area contributed by atoms with E-state index in [0.29, 0.717) is 25.4 Å². The lowest BCUT2D eigenvalue weighted by atomic mass is 9.98. The molecule has 1 saturated heterocycles. The molecule has 0 aromatic heterocycles. The number of nitrogens with zero attached hydrogens (tertiary/aromatic N) is 1. The second-order valence-electron chi connectivity index (χ2n) is 5.53. The molecule has 2 rings (SSSR count). The van der Waals surface area contributed by atoms with E-state index in [4.69, 9.17) is 9.47 Å². The molecule has 0 unspecified atom stereocenters. The number of carbonyl (C=O) groups is 2. The molecule has 0 spiro atoms. The number of hydrogen-bond acceptors (Lipinski definition) is 4. The van der Waals surface area contributed by atoms with Gasteiger partial charge in [-0.05, 0) is 38.8 Å². The van der Waals surface area contributed by atoms with Crippen molar-refractivity contribution in [2.24, 2.45) is 5.92 Å². The Morgan fingerprint density at radius 2 is 2.00 bits per heavy atom.